The van der Waals surface area contributed by atoms with Crippen LogP contribution < -0.4 is 14.4 Å². The van der Waals surface area contributed by atoms with Gasteiger partial charge < -0.3 is 38.8 Å². The molecular weight excluding hydrogens is 625 g/mol. The molecule has 0 aliphatic carbocycles. The number of aromatic nitrogens is 1. The molecule has 2 atom stereocenters. The normalized spacial score (nSPS) is 22.3. The number of carbonyl (C=O) groups is 3. The summed E-state index contributed by atoms with van der Waals surface area (Å²) in [5.74, 6) is -1.08. The summed E-state index contributed by atoms with van der Waals surface area (Å²) in [6.07, 6.45) is -2.13. The van der Waals surface area contributed by atoms with Crippen molar-refractivity contribution in [3.63, 3.8) is 0 Å². The average molecular weight is 662 g/mol. The maximum Gasteiger partial charge on any atom is 0.514 e. The molecular formula is C31H37ClFN5O8. The molecule has 0 saturated carbocycles. The molecule has 46 heavy (non-hydrogen) atoms. The summed E-state index contributed by atoms with van der Waals surface area (Å²) in [5, 5.41) is 9.46. The van der Waals surface area contributed by atoms with Gasteiger partial charge in [-0.15, -0.1) is 0 Å². The van der Waals surface area contributed by atoms with Crippen molar-refractivity contribution in [3.8, 4) is 22.8 Å². The fraction of sp³-hybridized carbons (Fsp3) is 0.548. The Morgan fingerprint density at radius 1 is 1.04 bits per heavy atom. The quantitative estimate of drug-likeness (QED) is 0.377. The van der Waals surface area contributed by atoms with Crippen LogP contribution in [0.2, 0.25) is 5.02 Å². The van der Waals surface area contributed by atoms with Gasteiger partial charge in [0.25, 0.3) is 5.91 Å². The molecule has 1 aromatic carbocycles. The van der Waals surface area contributed by atoms with E-state index in [0.29, 0.717) is 38.9 Å². The van der Waals surface area contributed by atoms with Gasteiger partial charge in [0, 0.05) is 45.3 Å². The lowest BCUT2D eigenvalue weighted by molar-refractivity contribution is -0.0692. The number of hydrogen-bond donors (Lipinski definition) is 1. The molecule has 2 amide bonds. The summed E-state index contributed by atoms with van der Waals surface area (Å²) in [6.45, 7) is 10.5. The van der Waals surface area contributed by atoms with Crippen LogP contribution in [0, 0.1) is 5.82 Å². The summed E-state index contributed by atoms with van der Waals surface area (Å²) >= 11 is 6.96. The van der Waals surface area contributed by atoms with E-state index in [-0.39, 0.29) is 71.4 Å². The number of rotatable bonds is 4. The van der Waals surface area contributed by atoms with Crippen LogP contribution in [0.3, 0.4) is 0 Å². The van der Waals surface area contributed by atoms with Gasteiger partial charge in [-0.1, -0.05) is 17.7 Å². The molecule has 1 N–H and O–H groups in total. The van der Waals surface area contributed by atoms with Crippen LogP contribution in [-0.4, -0.2) is 126 Å². The highest BCUT2D eigenvalue weighted by atomic mass is 35.5. The van der Waals surface area contributed by atoms with Crippen LogP contribution in [-0.2, 0) is 9.47 Å². The van der Waals surface area contributed by atoms with E-state index >= 15 is 4.39 Å². The third-order valence-electron chi connectivity index (χ3n) is 8.59. The number of pyridine rings is 1. The van der Waals surface area contributed by atoms with Crippen molar-refractivity contribution < 1.29 is 42.8 Å². The molecule has 15 heteroatoms. The molecule has 3 fully saturated rings. The first-order valence-corrected chi connectivity index (χ1v) is 15.6. The zero-order valence-corrected chi connectivity index (χ0v) is 26.9. The van der Waals surface area contributed by atoms with Gasteiger partial charge in [0.05, 0.1) is 30.9 Å². The second-order valence-electron chi connectivity index (χ2n) is 12.9. The highest BCUT2D eigenvalue weighted by Gasteiger charge is 2.43. The van der Waals surface area contributed by atoms with Gasteiger partial charge in [-0.2, -0.15) is 0 Å². The van der Waals surface area contributed by atoms with Crippen molar-refractivity contribution in [3.05, 3.63) is 34.6 Å². The molecule has 4 aliphatic heterocycles. The summed E-state index contributed by atoms with van der Waals surface area (Å²) < 4.78 is 38.1. The second-order valence-corrected chi connectivity index (χ2v) is 13.3. The lowest BCUT2D eigenvalue weighted by atomic mass is 10.0. The molecule has 5 heterocycles. The third kappa shape index (κ3) is 6.13. The number of benzene rings is 1. The van der Waals surface area contributed by atoms with E-state index in [9.17, 15) is 19.5 Å². The number of anilines is 1. The van der Waals surface area contributed by atoms with Crippen molar-refractivity contribution in [2.24, 2.45) is 0 Å². The van der Waals surface area contributed by atoms with E-state index in [1.807, 2.05) is 11.8 Å². The Hall–Kier alpha value is -3.88. The Labute approximate surface area is 270 Å². The van der Waals surface area contributed by atoms with Crippen LogP contribution >= 0.6 is 11.6 Å². The van der Waals surface area contributed by atoms with Gasteiger partial charge in [-0.25, -0.2) is 19.0 Å². The van der Waals surface area contributed by atoms with Gasteiger partial charge in [0.15, 0.2) is 5.75 Å². The predicted molar refractivity (Wildman–Crippen MR) is 164 cm³/mol. The van der Waals surface area contributed by atoms with E-state index in [0.717, 1.165) is 0 Å². The number of piperazine rings is 2. The number of ether oxygens (including phenoxy) is 4. The summed E-state index contributed by atoms with van der Waals surface area (Å²) in [5.41, 5.74) is -1.01. The molecule has 0 radical (unpaired) electrons. The second kappa shape index (κ2) is 12.4. The van der Waals surface area contributed by atoms with E-state index in [1.165, 1.54) is 23.1 Å². The van der Waals surface area contributed by atoms with Crippen LogP contribution in [0.1, 0.15) is 38.1 Å². The largest absolute Gasteiger partial charge is 0.514 e. The van der Waals surface area contributed by atoms with Gasteiger partial charge in [-0.05, 0) is 39.8 Å². The van der Waals surface area contributed by atoms with Crippen LogP contribution in [0.5, 0.6) is 11.5 Å². The highest BCUT2D eigenvalue weighted by molar-refractivity contribution is 6.35. The number of hydrogen-bond acceptors (Lipinski definition) is 10. The minimum Gasteiger partial charge on any atom is -0.489 e. The topological polar surface area (TPSA) is 134 Å². The Bertz CT molecular complexity index is 1550. The first-order valence-electron chi connectivity index (χ1n) is 15.3. The lowest BCUT2D eigenvalue weighted by Gasteiger charge is -2.46. The Balaban J connectivity index is 1.46. The fourth-order valence-corrected chi connectivity index (χ4v) is 6.53. The van der Waals surface area contributed by atoms with Crippen LogP contribution in [0.4, 0.5) is 19.8 Å². The van der Waals surface area contributed by atoms with Gasteiger partial charge >= 0.3 is 12.2 Å². The molecule has 0 spiro atoms. The Morgan fingerprint density at radius 3 is 2.43 bits per heavy atom. The minimum absolute atomic E-state index is 0.0106. The first-order chi connectivity index (χ1) is 21.8. The first kappa shape index (κ1) is 32.1. The van der Waals surface area contributed by atoms with Gasteiger partial charge in [-0.3, -0.25) is 9.69 Å². The molecule has 2 aromatic rings. The number of fused-ring (bicyclic) bond motifs is 2. The maximum absolute atomic E-state index is 15.7. The Kier molecular flexibility index (Phi) is 8.63. The highest BCUT2D eigenvalue weighted by Crippen LogP contribution is 2.47. The lowest BCUT2D eigenvalue weighted by Crippen LogP contribution is -2.60. The van der Waals surface area contributed by atoms with E-state index < -0.39 is 35.6 Å². The predicted octanol–water partition coefficient (Wildman–Crippen LogP) is 3.96. The van der Waals surface area contributed by atoms with E-state index in [4.69, 9.17) is 35.5 Å². The number of amides is 2. The molecule has 4 aliphatic rings. The van der Waals surface area contributed by atoms with E-state index in [1.54, 1.807) is 25.7 Å². The van der Waals surface area contributed by atoms with Crippen molar-refractivity contribution in [1.82, 2.24) is 19.7 Å². The maximum atomic E-state index is 15.7. The van der Waals surface area contributed by atoms with E-state index in [2.05, 4.69) is 4.90 Å². The van der Waals surface area contributed by atoms with Gasteiger partial charge in [0.1, 0.15) is 45.9 Å². The molecule has 248 valence electrons. The van der Waals surface area contributed by atoms with Crippen LogP contribution in [0.25, 0.3) is 11.3 Å². The minimum atomic E-state index is -1.09. The molecule has 13 nitrogen and oxygen atoms in total. The molecule has 1 unspecified atom stereocenters. The number of carboxylic acid groups (broad SMARTS) is 1. The van der Waals surface area contributed by atoms with Crippen LogP contribution in [0.15, 0.2) is 18.2 Å². The number of carbonyl (C=O) groups excluding carboxylic acids is 2. The van der Waals surface area contributed by atoms with Crippen molar-refractivity contribution >= 4 is 35.6 Å². The molecule has 1 aromatic heterocycles. The standard InChI is InChI=1S/C31H37ClFN5O8/c1-17-12-35(19-14-43-15-19)8-10-37(17)27-23-26(44-16-18-13-36(29(40)41)9-11-38(18)28(23)39)24(32)25(34-27)22-20(33)6-5-7-21(22)45-30(42)46-31(2,3)4/h5-7,17-19H,8-16H2,1-4H3,(H,40,41)/t17?,18-/m1/s1. The monoisotopic (exact) mass is 661 g/mol. The molecule has 6 rings (SSSR count). The zero-order valence-electron chi connectivity index (χ0n) is 26.1. The fourth-order valence-electron chi connectivity index (χ4n) is 6.24. The van der Waals surface area contributed by atoms with Crippen molar-refractivity contribution in [1.29, 1.82) is 0 Å². The molecule has 0 bridgehead atoms. The SMILES string of the molecule is CC1CN(C2COC2)CCN1c1nc(-c2c(F)cccc2OC(=O)OC(C)(C)C)c(Cl)c2c1C(=O)N1CCN(C(=O)O)C[C@@H]1CO2. The third-order valence-corrected chi connectivity index (χ3v) is 8.94. The van der Waals surface area contributed by atoms with Crippen molar-refractivity contribution in [2.75, 3.05) is 64.0 Å². The zero-order chi connectivity index (χ0) is 32.9. The number of halogens is 2. The summed E-state index contributed by atoms with van der Waals surface area (Å²) in [6, 6.07) is 3.60. The molecule has 3 saturated heterocycles. The summed E-state index contributed by atoms with van der Waals surface area (Å²) in [4.78, 5) is 50.7. The summed E-state index contributed by atoms with van der Waals surface area (Å²) in [7, 11) is 0. The Morgan fingerprint density at radius 2 is 1.78 bits per heavy atom. The average Bonchev–Trinajstić information content (AvgIpc) is 3.09. The smallest absolute Gasteiger partial charge is 0.489 e. The van der Waals surface area contributed by atoms with Gasteiger partial charge in [0.2, 0.25) is 0 Å². The van der Waals surface area contributed by atoms with Crippen molar-refractivity contribution in [2.45, 2.75) is 51.4 Å². The number of nitrogens with zero attached hydrogens (tertiary/aromatic N) is 5.